The maximum Gasteiger partial charge on any atom is 0.295 e. The van der Waals surface area contributed by atoms with Crippen LogP contribution in [0.3, 0.4) is 0 Å². The molecule has 0 atom stereocenters. The van der Waals surface area contributed by atoms with Crippen LogP contribution in [0.5, 0.6) is 0 Å². The van der Waals surface area contributed by atoms with Crippen molar-refractivity contribution in [3.63, 3.8) is 0 Å². The average molecular weight is 340 g/mol. The number of aliphatic hydroxyl groups excluding tert-OH is 1. The second kappa shape index (κ2) is 7.97. The number of carbonyl (C=O) groups excluding carboxylic acids is 2. The van der Waals surface area contributed by atoms with Gasteiger partial charge in [0.25, 0.3) is 5.91 Å². The Kier molecular flexibility index (Phi) is 6.61. The fourth-order valence-corrected chi connectivity index (χ4v) is 2.17. The number of carbonyl (C=O) groups is 2. The van der Waals surface area contributed by atoms with Crippen molar-refractivity contribution in [2.24, 2.45) is 0 Å². The molecule has 0 spiro atoms. The fraction of sp³-hybridized carbons (Fsp3) is 0.333. The zero-order valence-corrected chi connectivity index (χ0v) is 13.2. The van der Waals surface area contributed by atoms with Crippen molar-refractivity contribution in [2.45, 2.75) is 13.8 Å². The lowest BCUT2D eigenvalue weighted by molar-refractivity contribution is -0.141. The van der Waals surface area contributed by atoms with Gasteiger partial charge >= 0.3 is 0 Å². The lowest BCUT2D eigenvalue weighted by Gasteiger charge is -2.25. The minimum Gasteiger partial charge on any atom is -0.395 e. The molecule has 108 valence electrons. The highest BCUT2D eigenvalue weighted by Gasteiger charge is 2.25. The van der Waals surface area contributed by atoms with Gasteiger partial charge in [-0.1, -0.05) is 51.8 Å². The minimum absolute atomic E-state index is 0.0292. The zero-order chi connectivity index (χ0) is 15.1. The summed E-state index contributed by atoms with van der Waals surface area (Å²) in [4.78, 5) is 25.2. The first kappa shape index (κ1) is 16.6. The second-order valence-corrected chi connectivity index (χ2v) is 5.01. The number of benzene rings is 1. The van der Waals surface area contributed by atoms with Crippen LogP contribution >= 0.6 is 15.9 Å². The summed E-state index contributed by atoms with van der Waals surface area (Å²) in [6, 6.07) is 9.36. The van der Waals surface area contributed by atoms with Crippen LogP contribution < -0.4 is 0 Å². The molecule has 0 bridgehead atoms. The Bertz CT molecular complexity index is 507. The summed E-state index contributed by atoms with van der Waals surface area (Å²) in [7, 11) is 0. The van der Waals surface area contributed by atoms with Crippen molar-refractivity contribution in [1.82, 2.24) is 4.90 Å². The third-order valence-electron chi connectivity index (χ3n) is 2.72. The van der Waals surface area contributed by atoms with Crippen LogP contribution in [0.1, 0.15) is 19.4 Å². The average Bonchev–Trinajstić information content (AvgIpc) is 2.46. The lowest BCUT2D eigenvalue weighted by Crippen LogP contribution is -2.38. The molecule has 0 saturated heterocycles. The summed E-state index contributed by atoms with van der Waals surface area (Å²) in [6.07, 6.45) is 0. The van der Waals surface area contributed by atoms with Crippen molar-refractivity contribution in [3.05, 3.63) is 41.5 Å². The molecular weight excluding hydrogens is 322 g/mol. The van der Waals surface area contributed by atoms with Crippen LogP contribution in [0, 0.1) is 0 Å². The Balaban J connectivity index is 3.25. The van der Waals surface area contributed by atoms with Crippen LogP contribution in [-0.2, 0) is 9.59 Å². The lowest BCUT2D eigenvalue weighted by atomic mass is 10.1. The van der Waals surface area contributed by atoms with E-state index >= 15 is 0 Å². The van der Waals surface area contributed by atoms with E-state index in [4.69, 9.17) is 0 Å². The summed E-state index contributed by atoms with van der Waals surface area (Å²) < 4.78 is 0. The molecule has 0 heterocycles. The number of aliphatic hydroxyl groups is 1. The van der Waals surface area contributed by atoms with E-state index in [-0.39, 0.29) is 18.5 Å². The van der Waals surface area contributed by atoms with Gasteiger partial charge in [-0.25, -0.2) is 0 Å². The van der Waals surface area contributed by atoms with Gasteiger partial charge in [0, 0.05) is 6.54 Å². The Labute approximate surface area is 127 Å². The number of halogens is 1. The smallest absolute Gasteiger partial charge is 0.295 e. The van der Waals surface area contributed by atoms with Gasteiger partial charge in [-0.3, -0.25) is 9.59 Å². The van der Waals surface area contributed by atoms with E-state index in [9.17, 15) is 14.7 Å². The molecule has 0 aliphatic heterocycles. The molecule has 0 saturated carbocycles. The molecule has 0 unspecified atom stereocenters. The van der Waals surface area contributed by atoms with Gasteiger partial charge in [-0.15, -0.1) is 0 Å². The Morgan fingerprint density at radius 1 is 1.20 bits per heavy atom. The molecule has 1 rings (SSSR count). The van der Waals surface area contributed by atoms with Gasteiger partial charge in [-0.2, -0.15) is 0 Å². The maximum atomic E-state index is 12.2. The predicted molar refractivity (Wildman–Crippen MR) is 82.3 cm³/mol. The number of alkyl halides is 1. The number of rotatable bonds is 6. The summed E-state index contributed by atoms with van der Waals surface area (Å²) >= 11 is 3.00. The minimum atomic E-state index is -0.615. The number of hydrogen-bond donors (Lipinski definition) is 1. The predicted octanol–water partition coefficient (Wildman–Crippen LogP) is 2.22. The van der Waals surface area contributed by atoms with E-state index in [1.807, 2.05) is 44.2 Å². The zero-order valence-electron chi connectivity index (χ0n) is 11.6. The highest BCUT2D eigenvalue weighted by Crippen LogP contribution is 2.23. The summed E-state index contributed by atoms with van der Waals surface area (Å²) in [5, 5.41) is 9.15. The number of ketones is 1. The molecule has 1 N–H and O–H groups in total. The topological polar surface area (TPSA) is 57.6 Å². The molecule has 1 amide bonds. The first-order valence-corrected chi connectivity index (χ1v) is 7.39. The van der Waals surface area contributed by atoms with Crippen molar-refractivity contribution in [1.29, 1.82) is 0 Å². The quantitative estimate of drug-likeness (QED) is 0.638. The molecular formula is C15H18BrNO3. The van der Waals surface area contributed by atoms with E-state index in [1.54, 1.807) is 0 Å². The standard InChI is InChI=1S/C15H18BrNO3/c1-11(2)14(12-6-4-3-5-7-12)17(8-9-18)15(20)13(19)10-16/h3-7,18H,8-10H2,1-2H3. The van der Waals surface area contributed by atoms with Crippen LogP contribution in [0.2, 0.25) is 0 Å². The third-order valence-corrected chi connectivity index (χ3v) is 3.23. The number of amides is 1. The maximum absolute atomic E-state index is 12.2. The van der Waals surface area contributed by atoms with Crippen molar-refractivity contribution >= 4 is 33.3 Å². The van der Waals surface area contributed by atoms with Gasteiger partial charge in [0.15, 0.2) is 0 Å². The number of Topliss-reactive ketones (excluding diaryl/α,β-unsaturated/α-hetero) is 1. The second-order valence-electron chi connectivity index (χ2n) is 4.45. The molecule has 20 heavy (non-hydrogen) atoms. The molecule has 4 nitrogen and oxygen atoms in total. The Morgan fingerprint density at radius 3 is 2.25 bits per heavy atom. The SMILES string of the molecule is CC(C)=C(c1ccccc1)N(CCO)C(=O)C(=O)CBr. The van der Waals surface area contributed by atoms with Gasteiger partial charge < -0.3 is 10.0 Å². The molecule has 0 fully saturated rings. The van der Waals surface area contributed by atoms with Crippen molar-refractivity contribution in [3.8, 4) is 0 Å². The van der Waals surface area contributed by atoms with Crippen molar-refractivity contribution < 1.29 is 14.7 Å². The Hall–Kier alpha value is -1.46. The largest absolute Gasteiger partial charge is 0.395 e. The van der Waals surface area contributed by atoms with Crippen LogP contribution in [0.25, 0.3) is 5.70 Å². The normalized spacial score (nSPS) is 10.0. The van der Waals surface area contributed by atoms with E-state index in [1.165, 1.54) is 4.90 Å². The van der Waals surface area contributed by atoms with E-state index < -0.39 is 11.7 Å². The van der Waals surface area contributed by atoms with Gasteiger partial charge in [0.1, 0.15) is 0 Å². The van der Waals surface area contributed by atoms with Crippen LogP contribution in [0.15, 0.2) is 35.9 Å². The molecule has 0 aliphatic rings. The van der Waals surface area contributed by atoms with E-state index in [0.717, 1.165) is 11.1 Å². The number of allylic oxidation sites excluding steroid dienone is 1. The Morgan fingerprint density at radius 2 is 1.80 bits per heavy atom. The summed E-state index contributed by atoms with van der Waals surface area (Å²) in [5.41, 5.74) is 2.41. The fourth-order valence-electron chi connectivity index (χ4n) is 1.93. The van der Waals surface area contributed by atoms with Gasteiger partial charge in [-0.05, 0) is 19.4 Å². The third kappa shape index (κ3) is 4.02. The molecule has 1 aromatic rings. The first-order chi connectivity index (χ1) is 9.52. The van der Waals surface area contributed by atoms with E-state index in [2.05, 4.69) is 15.9 Å². The number of hydrogen-bond acceptors (Lipinski definition) is 3. The highest BCUT2D eigenvalue weighted by molar-refractivity contribution is 9.09. The molecule has 1 aromatic carbocycles. The summed E-state index contributed by atoms with van der Waals surface area (Å²) in [6.45, 7) is 3.63. The van der Waals surface area contributed by atoms with Gasteiger partial charge in [0.05, 0.1) is 17.6 Å². The first-order valence-electron chi connectivity index (χ1n) is 6.27. The van der Waals surface area contributed by atoms with Crippen LogP contribution in [-0.4, -0.2) is 40.2 Å². The highest BCUT2D eigenvalue weighted by atomic mass is 79.9. The molecule has 5 heteroatoms. The summed E-state index contributed by atoms with van der Waals surface area (Å²) in [5.74, 6) is -1.15. The van der Waals surface area contributed by atoms with E-state index in [0.29, 0.717) is 5.70 Å². The molecule has 0 aliphatic carbocycles. The molecule has 0 radical (unpaired) electrons. The van der Waals surface area contributed by atoms with Crippen LogP contribution in [0.4, 0.5) is 0 Å². The molecule has 0 aromatic heterocycles. The monoisotopic (exact) mass is 339 g/mol. The van der Waals surface area contributed by atoms with Gasteiger partial charge in [0.2, 0.25) is 5.78 Å². The van der Waals surface area contributed by atoms with Crippen molar-refractivity contribution in [2.75, 3.05) is 18.5 Å². The number of nitrogens with zero attached hydrogens (tertiary/aromatic N) is 1.